The van der Waals surface area contributed by atoms with Crippen LogP contribution in [0, 0.1) is 0 Å². The molecule has 0 radical (unpaired) electrons. The van der Waals surface area contributed by atoms with E-state index in [1.165, 1.54) is 0 Å². The Hall–Kier alpha value is -2.55. The summed E-state index contributed by atoms with van der Waals surface area (Å²) < 4.78 is 10.7. The highest BCUT2D eigenvalue weighted by molar-refractivity contribution is 7.99. The number of carbonyl (C=O) groups excluding carboxylic acids is 3. The molecule has 0 unspecified atom stereocenters. The highest BCUT2D eigenvalue weighted by Crippen LogP contribution is 2.22. The van der Waals surface area contributed by atoms with Gasteiger partial charge in [0.05, 0.1) is 5.56 Å². The first-order chi connectivity index (χ1) is 18.2. The summed E-state index contributed by atoms with van der Waals surface area (Å²) in [6.45, 7) is 10.8. The number of nitrogens with one attached hydrogen (secondary N) is 1. The minimum atomic E-state index is -1.02. The lowest BCUT2D eigenvalue weighted by molar-refractivity contribution is -0.159. The number of unbranched alkanes of at least 4 members (excludes halogenated alkanes) is 6. The Morgan fingerprint density at radius 3 is 1.87 bits per heavy atom. The van der Waals surface area contributed by atoms with Crippen LogP contribution in [-0.2, 0) is 23.9 Å². The van der Waals surface area contributed by atoms with Crippen molar-refractivity contribution in [3.63, 3.8) is 0 Å². The molecule has 1 rings (SSSR count). The summed E-state index contributed by atoms with van der Waals surface area (Å²) in [5, 5.41) is 11.6. The fourth-order valence-electron chi connectivity index (χ4n) is 3.64. The van der Waals surface area contributed by atoms with Crippen LogP contribution in [0.4, 0.5) is 0 Å². The van der Waals surface area contributed by atoms with Crippen molar-refractivity contribution in [2.75, 3.05) is 5.75 Å². The maximum Gasteiger partial charge on any atom is 0.338 e. The molecule has 0 aliphatic heterocycles. The van der Waals surface area contributed by atoms with Gasteiger partial charge in [0.15, 0.2) is 0 Å². The number of carboxylic acids is 1. The second-order valence-electron chi connectivity index (χ2n) is 11.7. The van der Waals surface area contributed by atoms with E-state index in [4.69, 9.17) is 14.6 Å². The predicted octanol–water partition coefficient (Wildman–Crippen LogP) is 6.55. The van der Waals surface area contributed by atoms with Crippen LogP contribution in [0.2, 0.25) is 0 Å². The Kier molecular flexibility index (Phi) is 15.2. The van der Waals surface area contributed by atoms with Gasteiger partial charge in [-0.25, -0.2) is 9.59 Å². The summed E-state index contributed by atoms with van der Waals surface area (Å²) in [5.41, 5.74) is -0.652. The number of aliphatic carboxylic acids is 1. The zero-order chi connectivity index (χ0) is 29.5. The summed E-state index contributed by atoms with van der Waals surface area (Å²) in [6.07, 6.45) is 7.29. The molecule has 1 amide bonds. The Balaban J connectivity index is 2.18. The molecular weight excluding hydrogens is 518 g/mol. The first-order valence-corrected chi connectivity index (χ1v) is 14.8. The van der Waals surface area contributed by atoms with E-state index in [-0.39, 0.29) is 24.7 Å². The molecule has 0 aliphatic rings. The summed E-state index contributed by atoms with van der Waals surface area (Å²) in [7, 11) is 0. The monoisotopic (exact) mass is 565 g/mol. The first kappa shape index (κ1) is 34.5. The van der Waals surface area contributed by atoms with Gasteiger partial charge in [-0.3, -0.25) is 9.59 Å². The van der Waals surface area contributed by atoms with Gasteiger partial charge in [-0.05, 0) is 90.8 Å². The number of hydrogen-bond donors (Lipinski definition) is 2. The van der Waals surface area contributed by atoms with Gasteiger partial charge in [-0.15, -0.1) is 11.8 Å². The number of benzene rings is 1. The average molecular weight is 566 g/mol. The Morgan fingerprint density at radius 1 is 0.795 bits per heavy atom. The van der Waals surface area contributed by atoms with E-state index in [0.29, 0.717) is 12.0 Å². The van der Waals surface area contributed by atoms with Crippen LogP contribution >= 0.6 is 11.8 Å². The van der Waals surface area contributed by atoms with Crippen molar-refractivity contribution in [3.8, 4) is 0 Å². The number of hydrogen-bond acceptors (Lipinski definition) is 7. The Bertz CT molecular complexity index is 917. The van der Waals surface area contributed by atoms with Gasteiger partial charge in [0.2, 0.25) is 5.91 Å². The molecule has 2 N–H and O–H groups in total. The van der Waals surface area contributed by atoms with E-state index in [0.717, 1.165) is 55.6 Å². The fraction of sp³-hybridized carbons (Fsp3) is 0.667. The summed E-state index contributed by atoms with van der Waals surface area (Å²) in [5.74, 6) is -1.17. The van der Waals surface area contributed by atoms with E-state index in [9.17, 15) is 19.2 Å². The van der Waals surface area contributed by atoms with Gasteiger partial charge in [0.25, 0.3) is 0 Å². The van der Waals surface area contributed by atoms with E-state index < -0.39 is 29.2 Å². The van der Waals surface area contributed by atoms with Crippen LogP contribution in [-0.4, -0.2) is 51.9 Å². The van der Waals surface area contributed by atoms with Crippen LogP contribution in [0.15, 0.2) is 29.2 Å². The maximum atomic E-state index is 12.3. The maximum absolute atomic E-state index is 12.3. The van der Waals surface area contributed by atoms with Crippen molar-refractivity contribution < 1.29 is 33.8 Å². The number of thioether (sulfide) groups is 1. The molecule has 0 fully saturated rings. The first-order valence-electron chi connectivity index (χ1n) is 13.9. The Labute approximate surface area is 238 Å². The third kappa shape index (κ3) is 17.6. The van der Waals surface area contributed by atoms with Crippen LogP contribution < -0.4 is 5.32 Å². The van der Waals surface area contributed by atoms with Crippen molar-refractivity contribution in [2.45, 2.75) is 128 Å². The van der Waals surface area contributed by atoms with Crippen LogP contribution in [0.3, 0.4) is 0 Å². The molecule has 0 bridgehead atoms. The number of ether oxygens (including phenoxy) is 2. The average Bonchev–Trinajstić information content (AvgIpc) is 2.80. The Morgan fingerprint density at radius 2 is 1.33 bits per heavy atom. The predicted molar refractivity (Wildman–Crippen MR) is 154 cm³/mol. The van der Waals surface area contributed by atoms with Crippen molar-refractivity contribution in [3.05, 3.63) is 29.8 Å². The second-order valence-corrected chi connectivity index (χ2v) is 12.9. The molecule has 1 aromatic carbocycles. The molecule has 0 saturated carbocycles. The van der Waals surface area contributed by atoms with Gasteiger partial charge < -0.3 is 19.9 Å². The minimum absolute atomic E-state index is 0.00562. The van der Waals surface area contributed by atoms with Crippen molar-refractivity contribution in [1.29, 1.82) is 0 Å². The molecule has 39 heavy (non-hydrogen) atoms. The SMILES string of the molecule is CC(C)(C)OC(=O)c1ccc(SCCCCCCCCCC(=O)N[C@@H](CCC(=O)O)C(=O)OC(C)(C)C)cc1. The lowest BCUT2D eigenvalue weighted by Crippen LogP contribution is -2.44. The largest absolute Gasteiger partial charge is 0.481 e. The summed E-state index contributed by atoms with van der Waals surface area (Å²) >= 11 is 1.78. The van der Waals surface area contributed by atoms with Gasteiger partial charge in [0, 0.05) is 17.7 Å². The molecule has 8 nitrogen and oxygen atoms in total. The zero-order valence-corrected chi connectivity index (χ0v) is 25.3. The number of rotatable bonds is 17. The third-order valence-corrected chi connectivity index (χ3v) is 6.58. The molecule has 0 saturated heterocycles. The molecule has 9 heteroatoms. The van der Waals surface area contributed by atoms with E-state index in [1.54, 1.807) is 32.5 Å². The number of carboxylic acid groups (broad SMARTS) is 1. The van der Waals surface area contributed by atoms with E-state index in [1.807, 2.05) is 45.0 Å². The van der Waals surface area contributed by atoms with E-state index in [2.05, 4.69) is 5.32 Å². The smallest absolute Gasteiger partial charge is 0.338 e. The van der Waals surface area contributed by atoms with Crippen molar-refractivity contribution in [1.82, 2.24) is 5.32 Å². The molecule has 1 aromatic rings. The highest BCUT2D eigenvalue weighted by Gasteiger charge is 2.27. The summed E-state index contributed by atoms with van der Waals surface area (Å²) in [4.78, 5) is 48.8. The molecule has 0 aliphatic carbocycles. The van der Waals surface area contributed by atoms with Crippen LogP contribution in [0.25, 0.3) is 0 Å². The highest BCUT2D eigenvalue weighted by atomic mass is 32.2. The molecule has 0 aromatic heterocycles. The molecule has 220 valence electrons. The second kappa shape index (κ2) is 17.2. The van der Waals surface area contributed by atoms with Crippen LogP contribution in [0.5, 0.6) is 0 Å². The normalized spacial score (nSPS) is 12.5. The van der Waals surface area contributed by atoms with Gasteiger partial charge in [0.1, 0.15) is 17.2 Å². The van der Waals surface area contributed by atoms with Gasteiger partial charge >= 0.3 is 17.9 Å². The number of carbonyl (C=O) groups is 4. The van der Waals surface area contributed by atoms with Crippen molar-refractivity contribution >= 4 is 35.6 Å². The van der Waals surface area contributed by atoms with Gasteiger partial charge in [-0.2, -0.15) is 0 Å². The molecule has 1 atom stereocenters. The number of amides is 1. The lowest BCUT2D eigenvalue weighted by Gasteiger charge is -2.24. The topological polar surface area (TPSA) is 119 Å². The van der Waals surface area contributed by atoms with E-state index >= 15 is 0 Å². The van der Waals surface area contributed by atoms with Gasteiger partial charge in [-0.1, -0.05) is 32.1 Å². The molecular formula is C30H47NO7S. The number of esters is 2. The zero-order valence-electron chi connectivity index (χ0n) is 24.5. The minimum Gasteiger partial charge on any atom is -0.481 e. The summed E-state index contributed by atoms with van der Waals surface area (Å²) in [6, 6.07) is 6.59. The van der Waals surface area contributed by atoms with Crippen LogP contribution in [0.1, 0.15) is 116 Å². The lowest BCUT2D eigenvalue weighted by atomic mass is 10.1. The third-order valence-electron chi connectivity index (χ3n) is 5.48. The fourth-order valence-corrected chi connectivity index (χ4v) is 4.55. The quantitative estimate of drug-likeness (QED) is 0.124. The molecule has 0 heterocycles. The standard InChI is InChI=1S/C30H47NO7S/c1-29(2,3)37-27(35)22-15-17-23(18-16-22)39-21-13-11-9-7-8-10-12-14-25(32)31-24(19-20-26(33)34)28(36)38-30(4,5)6/h15-18,24H,7-14,19-21H2,1-6H3,(H,31,32)(H,33,34)/t24-/m0/s1. The van der Waals surface area contributed by atoms with Crippen molar-refractivity contribution in [2.24, 2.45) is 0 Å². The molecule has 0 spiro atoms.